The lowest BCUT2D eigenvalue weighted by molar-refractivity contribution is 0.312. The zero-order valence-electron chi connectivity index (χ0n) is 8.42. The van der Waals surface area contributed by atoms with E-state index in [9.17, 15) is 4.57 Å². The van der Waals surface area contributed by atoms with Crippen molar-refractivity contribution >= 4 is 19.3 Å². The predicted octanol–water partition coefficient (Wildman–Crippen LogP) is 2.80. The first-order valence-electron chi connectivity index (χ1n) is 4.63. The van der Waals surface area contributed by atoms with E-state index < -0.39 is 8.25 Å². The number of aromatic amines is 1. The van der Waals surface area contributed by atoms with Crippen LogP contribution < -0.4 is 4.52 Å². The Labute approximate surface area is 93.1 Å². The highest BCUT2D eigenvalue weighted by Gasteiger charge is 2.23. The van der Waals surface area contributed by atoms with E-state index in [1.54, 1.807) is 0 Å². The van der Waals surface area contributed by atoms with E-state index in [4.69, 9.17) is 9.05 Å². The zero-order chi connectivity index (χ0) is 11.4. The minimum absolute atomic E-state index is 0.176. The van der Waals surface area contributed by atoms with E-state index in [2.05, 4.69) is 16.5 Å². The average molecular weight is 237 g/mol. The Balaban J connectivity index is 2.09. The van der Waals surface area contributed by atoms with Gasteiger partial charge in [-0.25, -0.2) is 0 Å². The predicted molar refractivity (Wildman–Crippen MR) is 60.5 cm³/mol. The van der Waals surface area contributed by atoms with Crippen LogP contribution in [0, 0.1) is 0 Å². The molecule has 1 N–H and O–H groups in total. The van der Waals surface area contributed by atoms with Crippen LogP contribution in [0.25, 0.3) is 11.0 Å². The molecule has 0 radical (unpaired) electrons. The SMILES string of the molecule is C=CCO[P+](=O)Oc1nc2ccccc2[nH]1. The van der Waals surface area contributed by atoms with Crippen molar-refractivity contribution in [3.63, 3.8) is 0 Å². The van der Waals surface area contributed by atoms with E-state index in [-0.39, 0.29) is 12.6 Å². The topological polar surface area (TPSA) is 64.2 Å². The van der Waals surface area contributed by atoms with E-state index in [1.807, 2.05) is 24.3 Å². The molecule has 1 aromatic carbocycles. The van der Waals surface area contributed by atoms with Crippen molar-refractivity contribution in [2.75, 3.05) is 6.61 Å². The van der Waals surface area contributed by atoms with Crippen molar-refractivity contribution in [1.29, 1.82) is 0 Å². The molecule has 2 aromatic rings. The van der Waals surface area contributed by atoms with Crippen LogP contribution in [0.2, 0.25) is 0 Å². The highest BCUT2D eigenvalue weighted by atomic mass is 31.1. The van der Waals surface area contributed by atoms with Crippen LogP contribution in [-0.4, -0.2) is 16.6 Å². The maximum absolute atomic E-state index is 11.2. The Hall–Kier alpha value is -1.71. The molecule has 0 fully saturated rings. The molecule has 1 atom stereocenters. The van der Waals surface area contributed by atoms with Gasteiger partial charge < -0.3 is 4.98 Å². The number of imidazole rings is 1. The molecule has 6 heteroatoms. The fraction of sp³-hybridized carbons (Fsp3) is 0.100. The molecule has 0 aliphatic carbocycles. The lowest BCUT2D eigenvalue weighted by Gasteiger charge is -1.84. The monoisotopic (exact) mass is 237 g/mol. The van der Waals surface area contributed by atoms with Crippen molar-refractivity contribution < 1.29 is 13.6 Å². The zero-order valence-corrected chi connectivity index (χ0v) is 9.31. The fourth-order valence-electron chi connectivity index (χ4n) is 1.18. The van der Waals surface area contributed by atoms with Gasteiger partial charge in [0.1, 0.15) is 6.61 Å². The summed E-state index contributed by atoms with van der Waals surface area (Å²) in [7, 11) is -2.21. The third kappa shape index (κ3) is 2.45. The fourth-order valence-corrected chi connectivity index (χ4v) is 1.69. The van der Waals surface area contributed by atoms with Gasteiger partial charge in [0.2, 0.25) is 0 Å². The van der Waals surface area contributed by atoms with Gasteiger partial charge in [0, 0.05) is 4.57 Å². The average Bonchev–Trinajstić information content (AvgIpc) is 2.68. The molecule has 5 nitrogen and oxygen atoms in total. The molecule has 1 aromatic heterocycles. The molecule has 0 saturated heterocycles. The van der Waals surface area contributed by atoms with Crippen molar-refractivity contribution in [3.8, 4) is 6.01 Å². The van der Waals surface area contributed by atoms with E-state index in [1.165, 1.54) is 6.08 Å². The standard InChI is InChI=1S/C10H10N2O3P/c1-2-7-14-16(13)15-10-11-8-5-3-4-6-9(8)12-10/h2-6H,1,7H2,(H,11,12)/q+1. The molecular weight excluding hydrogens is 227 g/mol. The molecule has 0 aliphatic rings. The third-order valence-electron chi connectivity index (χ3n) is 1.83. The van der Waals surface area contributed by atoms with Gasteiger partial charge in [-0.3, -0.25) is 0 Å². The Morgan fingerprint density at radius 2 is 2.31 bits per heavy atom. The molecule has 0 bridgehead atoms. The second-order valence-corrected chi connectivity index (χ2v) is 3.85. The molecule has 1 heterocycles. The van der Waals surface area contributed by atoms with Crippen LogP contribution in [0.5, 0.6) is 6.01 Å². The second kappa shape index (κ2) is 4.88. The van der Waals surface area contributed by atoms with Crippen LogP contribution in [0.1, 0.15) is 0 Å². The smallest absolute Gasteiger partial charge is 0.303 e. The number of nitrogens with zero attached hydrogens (tertiary/aromatic N) is 1. The van der Waals surface area contributed by atoms with Gasteiger partial charge in [0.25, 0.3) is 0 Å². The number of para-hydroxylation sites is 2. The first kappa shape index (κ1) is 10.8. The summed E-state index contributed by atoms with van der Waals surface area (Å²) in [5.41, 5.74) is 1.58. The summed E-state index contributed by atoms with van der Waals surface area (Å²) in [4.78, 5) is 6.97. The number of fused-ring (bicyclic) bond motifs is 1. The molecule has 0 amide bonds. The molecule has 2 rings (SSSR count). The number of rotatable bonds is 5. The summed E-state index contributed by atoms with van der Waals surface area (Å²) in [6.07, 6.45) is 1.50. The highest BCUT2D eigenvalue weighted by molar-refractivity contribution is 7.33. The Morgan fingerprint density at radius 1 is 1.50 bits per heavy atom. The normalized spacial score (nSPS) is 11.4. The van der Waals surface area contributed by atoms with Crippen molar-refractivity contribution in [2.24, 2.45) is 0 Å². The van der Waals surface area contributed by atoms with Crippen LogP contribution >= 0.6 is 8.25 Å². The first-order chi connectivity index (χ1) is 7.79. The van der Waals surface area contributed by atoms with Gasteiger partial charge in [-0.05, 0) is 12.1 Å². The minimum Gasteiger partial charge on any atom is -0.303 e. The number of aromatic nitrogens is 2. The molecule has 1 unspecified atom stereocenters. The largest absolute Gasteiger partial charge is 0.753 e. The van der Waals surface area contributed by atoms with Gasteiger partial charge in [-0.2, -0.15) is 9.51 Å². The number of H-pyrrole nitrogens is 1. The lowest BCUT2D eigenvalue weighted by Crippen LogP contribution is -1.88. The van der Waals surface area contributed by atoms with Crippen LogP contribution in [0.15, 0.2) is 36.9 Å². The maximum atomic E-state index is 11.2. The first-order valence-corrected chi connectivity index (χ1v) is 5.73. The summed E-state index contributed by atoms with van der Waals surface area (Å²) in [6, 6.07) is 7.61. The lowest BCUT2D eigenvalue weighted by atomic mass is 10.3. The second-order valence-electron chi connectivity index (χ2n) is 2.96. The number of hydrogen-bond donors (Lipinski definition) is 1. The number of benzene rings is 1. The van der Waals surface area contributed by atoms with Gasteiger partial charge >= 0.3 is 14.3 Å². The molecule has 82 valence electrons. The van der Waals surface area contributed by atoms with Crippen LogP contribution in [0.4, 0.5) is 0 Å². The summed E-state index contributed by atoms with van der Waals surface area (Å²) in [5.74, 6) is 0. The van der Waals surface area contributed by atoms with Gasteiger partial charge in [-0.1, -0.05) is 18.2 Å². The Kier molecular flexibility index (Phi) is 3.29. The molecular formula is C10H10N2O3P+. The van der Waals surface area contributed by atoms with Gasteiger partial charge in [0.15, 0.2) is 0 Å². The summed E-state index contributed by atoms with van der Waals surface area (Å²) in [6.45, 7) is 3.62. The van der Waals surface area contributed by atoms with Gasteiger partial charge in [-0.15, -0.1) is 11.1 Å². The molecule has 16 heavy (non-hydrogen) atoms. The molecule has 0 aliphatic heterocycles. The summed E-state index contributed by atoms with van der Waals surface area (Å²) >= 11 is 0. The quantitative estimate of drug-likeness (QED) is 0.641. The molecule has 0 saturated carbocycles. The summed E-state index contributed by atoms with van der Waals surface area (Å²) in [5, 5.41) is 0. The highest BCUT2D eigenvalue weighted by Crippen LogP contribution is 2.27. The van der Waals surface area contributed by atoms with Crippen molar-refractivity contribution in [2.45, 2.75) is 0 Å². The third-order valence-corrected chi connectivity index (χ3v) is 2.51. The molecule has 0 spiro atoms. The number of nitrogens with one attached hydrogen (secondary N) is 1. The van der Waals surface area contributed by atoms with Crippen LogP contribution in [0.3, 0.4) is 0 Å². The summed E-state index contributed by atoms with van der Waals surface area (Å²) < 4.78 is 21.0. The van der Waals surface area contributed by atoms with E-state index in [0.717, 1.165) is 11.0 Å². The van der Waals surface area contributed by atoms with Crippen LogP contribution in [-0.2, 0) is 9.09 Å². The maximum Gasteiger partial charge on any atom is 0.753 e. The Morgan fingerprint density at radius 3 is 3.06 bits per heavy atom. The van der Waals surface area contributed by atoms with E-state index in [0.29, 0.717) is 0 Å². The van der Waals surface area contributed by atoms with E-state index >= 15 is 0 Å². The van der Waals surface area contributed by atoms with Crippen molar-refractivity contribution in [3.05, 3.63) is 36.9 Å². The number of hydrogen-bond acceptors (Lipinski definition) is 4. The van der Waals surface area contributed by atoms with Crippen molar-refractivity contribution in [1.82, 2.24) is 9.97 Å². The minimum atomic E-state index is -2.21. The van der Waals surface area contributed by atoms with Gasteiger partial charge in [0.05, 0.1) is 11.0 Å². The Bertz CT molecular complexity index is 491.